The second kappa shape index (κ2) is 6.00. The molecule has 106 valence electrons. The molecular weight excluding hydrogens is 236 g/mol. The predicted octanol–water partition coefficient (Wildman–Crippen LogP) is 3.17. The fourth-order valence-electron chi connectivity index (χ4n) is 3.26. The molecular formula is C16H26N2O. The van der Waals surface area contributed by atoms with Crippen LogP contribution in [0.4, 0.5) is 5.82 Å². The number of hydrogen-bond acceptors (Lipinski definition) is 2. The Kier molecular flexibility index (Phi) is 4.12. The van der Waals surface area contributed by atoms with E-state index in [9.17, 15) is 5.11 Å². The Bertz CT molecular complexity index is 364. The van der Waals surface area contributed by atoms with Crippen LogP contribution in [0.25, 0.3) is 0 Å². The lowest BCUT2D eigenvalue weighted by Crippen LogP contribution is -2.34. The first kappa shape index (κ1) is 13.0. The lowest BCUT2D eigenvalue weighted by atomic mass is 9.90. The second-order valence-corrected chi connectivity index (χ2v) is 6.40. The van der Waals surface area contributed by atoms with Gasteiger partial charge in [-0.2, -0.15) is 0 Å². The maximum absolute atomic E-state index is 9.98. The van der Waals surface area contributed by atoms with E-state index in [1.165, 1.54) is 37.9 Å². The van der Waals surface area contributed by atoms with Crippen molar-refractivity contribution in [2.75, 3.05) is 18.0 Å². The Hall–Kier alpha value is -0.960. The van der Waals surface area contributed by atoms with Crippen molar-refractivity contribution in [3.8, 4) is 0 Å². The van der Waals surface area contributed by atoms with Crippen LogP contribution in [0.5, 0.6) is 0 Å². The molecule has 0 aromatic carbocycles. The first-order valence-corrected chi connectivity index (χ1v) is 7.87. The number of anilines is 1. The van der Waals surface area contributed by atoms with E-state index in [0.717, 1.165) is 37.8 Å². The van der Waals surface area contributed by atoms with Crippen molar-refractivity contribution in [2.24, 2.45) is 11.8 Å². The van der Waals surface area contributed by atoms with Gasteiger partial charge >= 0.3 is 0 Å². The minimum atomic E-state index is -0.0334. The van der Waals surface area contributed by atoms with Crippen molar-refractivity contribution in [3.05, 3.63) is 18.3 Å². The molecule has 1 aliphatic heterocycles. The lowest BCUT2D eigenvalue weighted by molar-refractivity contribution is 0.136. The Labute approximate surface area is 116 Å². The van der Waals surface area contributed by atoms with Crippen LogP contribution in [0.3, 0.4) is 0 Å². The van der Waals surface area contributed by atoms with Gasteiger partial charge < -0.3 is 15.0 Å². The standard InChI is InChI=1S/C16H26N2O/c19-15(12-14-3-4-14)6-5-13-7-10-18(11-8-13)16-2-1-9-17-16/h1-2,9,13-15,17,19H,3-8,10-12H2. The summed E-state index contributed by atoms with van der Waals surface area (Å²) in [4.78, 5) is 5.73. The summed E-state index contributed by atoms with van der Waals surface area (Å²) in [6.45, 7) is 2.31. The van der Waals surface area contributed by atoms with Crippen molar-refractivity contribution in [2.45, 2.75) is 51.0 Å². The van der Waals surface area contributed by atoms with Gasteiger partial charge in [0.2, 0.25) is 0 Å². The number of hydrogen-bond donors (Lipinski definition) is 2. The molecule has 2 aliphatic rings. The van der Waals surface area contributed by atoms with Crippen LogP contribution in [-0.4, -0.2) is 29.3 Å². The molecule has 3 nitrogen and oxygen atoms in total. The Morgan fingerprint density at radius 1 is 1.21 bits per heavy atom. The molecule has 1 unspecified atom stereocenters. The molecule has 3 heteroatoms. The normalized spacial score (nSPS) is 22.7. The predicted molar refractivity (Wildman–Crippen MR) is 78.3 cm³/mol. The van der Waals surface area contributed by atoms with E-state index < -0.39 is 0 Å². The number of nitrogens with one attached hydrogen (secondary N) is 1. The summed E-state index contributed by atoms with van der Waals surface area (Å²) in [5, 5.41) is 9.98. The third-order valence-electron chi connectivity index (χ3n) is 4.75. The third kappa shape index (κ3) is 3.75. The topological polar surface area (TPSA) is 39.3 Å². The highest BCUT2D eigenvalue weighted by Crippen LogP contribution is 2.35. The number of aromatic amines is 1. The summed E-state index contributed by atoms with van der Waals surface area (Å²) in [5.41, 5.74) is 0. The largest absolute Gasteiger partial charge is 0.393 e. The molecule has 0 bridgehead atoms. The smallest absolute Gasteiger partial charge is 0.105 e. The van der Waals surface area contributed by atoms with E-state index in [2.05, 4.69) is 22.0 Å². The maximum atomic E-state index is 9.98. The number of aromatic nitrogens is 1. The van der Waals surface area contributed by atoms with Crippen molar-refractivity contribution in [1.29, 1.82) is 0 Å². The highest BCUT2D eigenvalue weighted by Gasteiger charge is 2.25. The lowest BCUT2D eigenvalue weighted by Gasteiger charge is -2.33. The average molecular weight is 262 g/mol. The van der Waals surface area contributed by atoms with E-state index in [4.69, 9.17) is 0 Å². The number of H-pyrrole nitrogens is 1. The molecule has 2 N–H and O–H groups in total. The molecule has 1 saturated heterocycles. The number of piperidine rings is 1. The summed E-state index contributed by atoms with van der Waals surface area (Å²) in [7, 11) is 0. The summed E-state index contributed by atoms with van der Waals surface area (Å²) in [6, 6.07) is 4.22. The number of aliphatic hydroxyl groups is 1. The fraction of sp³-hybridized carbons (Fsp3) is 0.750. The van der Waals surface area contributed by atoms with Gasteiger partial charge in [0.25, 0.3) is 0 Å². The highest BCUT2D eigenvalue weighted by atomic mass is 16.3. The molecule has 0 amide bonds. The van der Waals surface area contributed by atoms with Crippen molar-refractivity contribution < 1.29 is 5.11 Å². The first-order chi connectivity index (χ1) is 9.31. The van der Waals surface area contributed by atoms with Crippen LogP contribution >= 0.6 is 0 Å². The van der Waals surface area contributed by atoms with Crippen LogP contribution in [-0.2, 0) is 0 Å². The monoisotopic (exact) mass is 262 g/mol. The molecule has 2 heterocycles. The van der Waals surface area contributed by atoms with E-state index in [1.807, 2.05) is 6.20 Å². The van der Waals surface area contributed by atoms with Gasteiger partial charge in [0.05, 0.1) is 6.10 Å². The molecule has 19 heavy (non-hydrogen) atoms. The molecule has 0 radical (unpaired) electrons. The fourth-order valence-corrected chi connectivity index (χ4v) is 3.26. The Morgan fingerprint density at radius 3 is 2.63 bits per heavy atom. The zero-order chi connectivity index (χ0) is 13.1. The molecule has 1 saturated carbocycles. The first-order valence-electron chi connectivity index (χ1n) is 7.87. The molecule has 1 atom stereocenters. The van der Waals surface area contributed by atoms with Crippen molar-refractivity contribution >= 4 is 5.82 Å². The van der Waals surface area contributed by atoms with Gasteiger partial charge in [0.15, 0.2) is 0 Å². The third-order valence-corrected chi connectivity index (χ3v) is 4.75. The number of rotatable bonds is 6. The summed E-state index contributed by atoms with van der Waals surface area (Å²) < 4.78 is 0. The second-order valence-electron chi connectivity index (χ2n) is 6.40. The molecule has 0 spiro atoms. The van der Waals surface area contributed by atoms with Gasteiger partial charge in [0.1, 0.15) is 5.82 Å². The van der Waals surface area contributed by atoms with Crippen LogP contribution in [0.2, 0.25) is 0 Å². The van der Waals surface area contributed by atoms with Crippen molar-refractivity contribution in [1.82, 2.24) is 4.98 Å². The van der Waals surface area contributed by atoms with Gasteiger partial charge in [-0.1, -0.05) is 12.8 Å². The van der Waals surface area contributed by atoms with Gasteiger partial charge in [-0.3, -0.25) is 0 Å². The van der Waals surface area contributed by atoms with Crippen LogP contribution in [0, 0.1) is 11.8 Å². The average Bonchev–Trinajstić information content (AvgIpc) is 3.07. The zero-order valence-electron chi connectivity index (χ0n) is 11.7. The zero-order valence-corrected chi connectivity index (χ0v) is 11.7. The minimum Gasteiger partial charge on any atom is -0.393 e. The van der Waals surface area contributed by atoms with Crippen LogP contribution < -0.4 is 4.90 Å². The van der Waals surface area contributed by atoms with Crippen LogP contribution in [0.1, 0.15) is 44.9 Å². The Morgan fingerprint density at radius 2 is 2.00 bits per heavy atom. The van der Waals surface area contributed by atoms with E-state index in [0.29, 0.717) is 0 Å². The van der Waals surface area contributed by atoms with Crippen molar-refractivity contribution in [3.63, 3.8) is 0 Å². The van der Waals surface area contributed by atoms with Gasteiger partial charge in [-0.05, 0) is 56.1 Å². The molecule has 1 aromatic rings. The summed E-state index contributed by atoms with van der Waals surface area (Å²) in [6.07, 6.45) is 10.5. The summed E-state index contributed by atoms with van der Waals surface area (Å²) in [5.74, 6) is 2.93. The van der Waals surface area contributed by atoms with Crippen LogP contribution in [0.15, 0.2) is 18.3 Å². The minimum absolute atomic E-state index is 0.0334. The SMILES string of the molecule is OC(CCC1CCN(c2ccc[nH]2)CC1)CC1CC1. The highest BCUT2D eigenvalue weighted by molar-refractivity contribution is 5.38. The molecule has 2 fully saturated rings. The Balaban J connectivity index is 1.35. The van der Waals surface area contributed by atoms with E-state index in [1.54, 1.807) is 0 Å². The van der Waals surface area contributed by atoms with E-state index >= 15 is 0 Å². The van der Waals surface area contributed by atoms with Gasteiger partial charge in [0, 0.05) is 19.3 Å². The molecule has 1 aliphatic carbocycles. The number of aliphatic hydroxyl groups excluding tert-OH is 1. The van der Waals surface area contributed by atoms with Gasteiger partial charge in [-0.15, -0.1) is 0 Å². The molecule has 1 aromatic heterocycles. The van der Waals surface area contributed by atoms with Gasteiger partial charge in [-0.25, -0.2) is 0 Å². The summed E-state index contributed by atoms with van der Waals surface area (Å²) >= 11 is 0. The molecule has 3 rings (SSSR count). The number of nitrogens with zero attached hydrogens (tertiary/aromatic N) is 1. The quantitative estimate of drug-likeness (QED) is 0.826. The maximum Gasteiger partial charge on any atom is 0.105 e. The van der Waals surface area contributed by atoms with E-state index in [-0.39, 0.29) is 6.10 Å².